The summed E-state index contributed by atoms with van der Waals surface area (Å²) in [7, 11) is 0. The molecule has 0 bridgehead atoms. The number of benzene rings is 1. The Balaban J connectivity index is 1.77. The first-order valence-corrected chi connectivity index (χ1v) is 7.32. The number of hydrogen-bond donors (Lipinski definition) is 1. The molecule has 1 aromatic carbocycles. The molecule has 0 saturated carbocycles. The van der Waals surface area contributed by atoms with Crippen LogP contribution in [0.4, 0.5) is 0 Å². The number of halogens is 1. The van der Waals surface area contributed by atoms with Gasteiger partial charge in [-0.2, -0.15) is 0 Å². The summed E-state index contributed by atoms with van der Waals surface area (Å²) < 4.78 is 11.8. The summed E-state index contributed by atoms with van der Waals surface area (Å²) in [4.78, 5) is 0. The molecule has 1 aliphatic rings. The highest BCUT2D eigenvalue weighted by molar-refractivity contribution is 6.30. The van der Waals surface area contributed by atoms with E-state index in [2.05, 4.69) is 12.2 Å². The van der Waals surface area contributed by atoms with Gasteiger partial charge in [0.15, 0.2) is 0 Å². The van der Waals surface area contributed by atoms with Crippen LogP contribution >= 0.6 is 11.6 Å². The van der Waals surface area contributed by atoms with Crippen LogP contribution in [0.3, 0.4) is 0 Å². The smallest absolute Gasteiger partial charge is 0.122 e. The Hall–Kier alpha value is -0.770. The standard InChI is InChI=1S/C15H22ClNO2/c1-3-17-9-13-5-6-14(19-13)10-18-15-7-4-12(16)8-11(15)2/h4,7-8,13-14,17H,3,5-6,9-10H2,1-2H3. The van der Waals surface area contributed by atoms with E-state index in [1.54, 1.807) is 0 Å². The zero-order chi connectivity index (χ0) is 13.7. The van der Waals surface area contributed by atoms with Crippen molar-refractivity contribution in [1.82, 2.24) is 5.32 Å². The van der Waals surface area contributed by atoms with Gasteiger partial charge in [-0.25, -0.2) is 0 Å². The van der Waals surface area contributed by atoms with Crippen molar-refractivity contribution in [2.75, 3.05) is 19.7 Å². The Kier molecular flexibility index (Phi) is 5.49. The molecule has 1 N–H and O–H groups in total. The van der Waals surface area contributed by atoms with Gasteiger partial charge in [0.25, 0.3) is 0 Å². The van der Waals surface area contributed by atoms with E-state index in [-0.39, 0.29) is 6.10 Å². The molecule has 0 aliphatic carbocycles. The number of ether oxygens (including phenoxy) is 2. The van der Waals surface area contributed by atoms with Crippen LogP contribution in [0.1, 0.15) is 25.3 Å². The van der Waals surface area contributed by atoms with Crippen molar-refractivity contribution < 1.29 is 9.47 Å². The third-order valence-electron chi connectivity index (χ3n) is 3.38. The van der Waals surface area contributed by atoms with Gasteiger partial charge in [0.2, 0.25) is 0 Å². The van der Waals surface area contributed by atoms with Gasteiger partial charge in [-0.3, -0.25) is 0 Å². The summed E-state index contributed by atoms with van der Waals surface area (Å²) in [6.07, 6.45) is 2.72. The summed E-state index contributed by atoms with van der Waals surface area (Å²) in [6, 6.07) is 5.69. The summed E-state index contributed by atoms with van der Waals surface area (Å²) in [5.74, 6) is 0.892. The van der Waals surface area contributed by atoms with Crippen LogP contribution < -0.4 is 10.1 Å². The Morgan fingerprint density at radius 3 is 2.89 bits per heavy atom. The van der Waals surface area contributed by atoms with E-state index in [4.69, 9.17) is 21.1 Å². The average molecular weight is 284 g/mol. The molecule has 4 heteroatoms. The monoisotopic (exact) mass is 283 g/mol. The van der Waals surface area contributed by atoms with Gasteiger partial charge in [-0.05, 0) is 50.1 Å². The maximum Gasteiger partial charge on any atom is 0.122 e. The van der Waals surface area contributed by atoms with E-state index in [9.17, 15) is 0 Å². The molecule has 3 nitrogen and oxygen atoms in total. The molecule has 0 spiro atoms. The van der Waals surface area contributed by atoms with E-state index in [1.807, 2.05) is 25.1 Å². The predicted octanol–water partition coefficient (Wildman–Crippen LogP) is 3.18. The summed E-state index contributed by atoms with van der Waals surface area (Å²) in [5, 5.41) is 4.06. The van der Waals surface area contributed by atoms with Gasteiger partial charge in [0.1, 0.15) is 12.4 Å². The second kappa shape index (κ2) is 7.13. The van der Waals surface area contributed by atoms with Crippen molar-refractivity contribution >= 4 is 11.6 Å². The van der Waals surface area contributed by atoms with Gasteiger partial charge in [-0.15, -0.1) is 0 Å². The zero-order valence-corrected chi connectivity index (χ0v) is 12.4. The van der Waals surface area contributed by atoms with Crippen LogP contribution in [-0.2, 0) is 4.74 Å². The quantitative estimate of drug-likeness (QED) is 0.870. The van der Waals surface area contributed by atoms with Gasteiger partial charge in [0, 0.05) is 11.6 Å². The molecule has 19 heavy (non-hydrogen) atoms. The minimum Gasteiger partial charge on any atom is -0.491 e. The molecular weight excluding hydrogens is 262 g/mol. The Morgan fingerprint density at radius 1 is 1.37 bits per heavy atom. The number of rotatable bonds is 6. The van der Waals surface area contributed by atoms with E-state index in [0.717, 1.165) is 42.3 Å². The van der Waals surface area contributed by atoms with Gasteiger partial charge in [-0.1, -0.05) is 18.5 Å². The normalized spacial score (nSPS) is 22.7. The third-order valence-corrected chi connectivity index (χ3v) is 3.61. The van der Waals surface area contributed by atoms with Crippen molar-refractivity contribution in [3.8, 4) is 5.75 Å². The van der Waals surface area contributed by atoms with Crippen LogP contribution in [0.2, 0.25) is 5.02 Å². The lowest BCUT2D eigenvalue weighted by atomic mass is 10.2. The maximum atomic E-state index is 5.94. The molecule has 1 heterocycles. The van der Waals surface area contributed by atoms with Crippen molar-refractivity contribution in [3.63, 3.8) is 0 Å². The highest BCUT2D eigenvalue weighted by Crippen LogP contribution is 2.24. The van der Waals surface area contributed by atoms with Crippen molar-refractivity contribution in [1.29, 1.82) is 0 Å². The first-order valence-electron chi connectivity index (χ1n) is 6.94. The average Bonchev–Trinajstić information content (AvgIpc) is 2.83. The summed E-state index contributed by atoms with van der Waals surface area (Å²) in [6.45, 7) is 6.66. The first-order chi connectivity index (χ1) is 9.19. The van der Waals surface area contributed by atoms with E-state index in [1.165, 1.54) is 0 Å². The van der Waals surface area contributed by atoms with Crippen molar-refractivity contribution in [2.24, 2.45) is 0 Å². The number of likely N-dealkylation sites (N-methyl/N-ethyl adjacent to an activating group) is 1. The second-order valence-electron chi connectivity index (χ2n) is 4.99. The summed E-state index contributed by atoms with van der Waals surface area (Å²) in [5.41, 5.74) is 1.06. The molecule has 106 valence electrons. The third kappa shape index (κ3) is 4.37. The Bertz CT molecular complexity index is 411. The lowest BCUT2D eigenvalue weighted by Crippen LogP contribution is -2.28. The Labute approximate surface area is 120 Å². The molecule has 1 fully saturated rings. The Morgan fingerprint density at radius 2 is 2.16 bits per heavy atom. The molecular formula is C15H22ClNO2. The van der Waals surface area contributed by atoms with Crippen molar-refractivity contribution in [3.05, 3.63) is 28.8 Å². The minimum absolute atomic E-state index is 0.207. The minimum atomic E-state index is 0.207. The molecule has 2 unspecified atom stereocenters. The fourth-order valence-corrected chi connectivity index (χ4v) is 2.54. The van der Waals surface area contributed by atoms with Crippen LogP contribution in [0, 0.1) is 6.92 Å². The fourth-order valence-electron chi connectivity index (χ4n) is 2.32. The van der Waals surface area contributed by atoms with Gasteiger partial charge < -0.3 is 14.8 Å². The number of nitrogens with one attached hydrogen (secondary N) is 1. The second-order valence-corrected chi connectivity index (χ2v) is 5.42. The topological polar surface area (TPSA) is 30.5 Å². The van der Waals surface area contributed by atoms with Gasteiger partial charge in [0.05, 0.1) is 12.2 Å². The number of hydrogen-bond acceptors (Lipinski definition) is 3. The van der Waals surface area contributed by atoms with Crippen LogP contribution in [0.5, 0.6) is 5.75 Å². The predicted molar refractivity (Wildman–Crippen MR) is 78.1 cm³/mol. The van der Waals surface area contributed by atoms with Crippen molar-refractivity contribution in [2.45, 2.75) is 38.9 Å². The van der Waals surface area contributed by atoms with Crippen LogP contribution in [0.25, 0.3) is 0 Å². The molecule has 1 saturated heterocycles. The lowest BCUT2D eigenvalue weighted by molar-refractivity contribution is 0.0187. The highest BCUT2D eigenvalue weighted by Gasteiger charge is 2.25. The van der Waals surface area contributed by atoms with Gasteiger partial charge >= 0.3 is 0 Å². The summed E-state index contributed by atoms with van der Waals surface area (Å²) >= 11 is 5.92. The molecule has 0 radical (unpaired) electrons. The van der Waals surface area contributed by atoms with E-state index in [0.29, 0.717) is 12.7 Å². The zero-order valence-electron chi connectivity index (χ0n) is 11.6. The van der Waals surface area contributed by atoms with E-state index >= 15 is 0 Å². The molecule has 2 rings (SSSR count). The largest absolute Gasteiger partial charge is 0.491 e. The maximum absolute atomic E-state index is 5.94. The molecule has 0 amide bonds. The van der Waals surface area contributed by atoms with Crippen LogP contribution in [0.15, 0.2) is 18.2 Å². The fraction of sp³-hybridized carbons (Fsp3) is 0.600. The molecule has 1 aliphatic heterocycles. The van der Waals surface area contributed by atoms with Crippen LogP contribution in [-0.4, -0.2) is 31.9 Å². The lowest BCUT2D eigenvalue weighted by Gasteiger charge is -2.16. The van der Waals surface area contributed by atoms with E-state index < -0.39 is 0 Å². The molecule has 2 atom stereocenters. The highest BCUT2D eigenvalue weighted by atomic mass is 35.5. The molecule has 0 aromatic heterocycles. The number of aryl methyl sites for hydroxylation is 1. The molecule has 1 aromatic rings. The first kappa shape index (κ1) is 14.6. The SMILES string of the molecule is CCNCC1CCC(COc2ccc(Cl)cc2C)O1.